The quantitative estimate of drug-likeness (QED) is 0.588. The molecular weight excluding hydrogens is 383 g/mol. The highest BCUT2D eigenvalue weighted by atomic mass is 19.1. The molecule has 3 aromatic rings. The Bertz CT molecular complexity index is 1140. The van der Waals surface area contributed by atoms with Crippen LogP contribution in [0.25, 0.3) is 11.0 Å². The smallest absolute Gasteiger partial charge is 0.290 e. The van der Waals surface area contributed by atoms with Crippen LogP contribution in [0.4, 0.5) is 4.39 Å². The van der Waals surface area contributed by atoms with Crippen LogP contribution in [0.1, 0.15) is 48.0 Å². The van der Waals surface area contributed by atoms with E-state index in [2.05, 4.69) is 18.7 Å². The van der Waals surface area contributed by atoms with E-state index in [0.29, 0.717) is 23.1 Å². The summed E-state index contributed by atoms with van der Waals surface area (Å²) >= 11 is 0. The highest BCUT2D eigenvalue weighted by Crippen LogP contribution is 2.39. The molecule has 2 aromatic carbocycles. The highest BCUT2D eigenvalue weighted by molar-refractivity contribution is 5.99. The molecule has 30 heavy (non-hydrogen) atoms. The maximum absolute atomic E-state index is 14.8. The van der Waals surface area contributed by atoms with Gasteiger partial charge in [0.25, 0.3) is 5.91 Å². The maximum atomic E-state index is 14.8. The standard InChI is InChI=1S/C24H25FN2O3/c1-3-26(4-2)14-9-15-27-21(16-10-5-7-12-18(16)25)20-22(28)17-11-6-8-13-19(17)30-23(20)24(27)29/h5-8,10-13,21H,3-4,9,14-15H2,1-2H3/t21-/m1/s1. The van der Waals surface area contributed by atoms with E-state index in [-0.39, 0.29) is 22.7 Å². The summed E-state index contributed by atoms with van der Waals surface area (Å²) in [6.07, 6.45) is 0.722. The summed E-state index contributed by atoms with van der Waals surface area (Å²) in [7, 11) is 0. The topological polar surface area (TPSA) is 53.8 Å². The Morgan fingerprint density at radius 1 is 1.03 bits per heavy atom. The number of halogens is 1. The second-order valence-electron chi connectivity index (χ2n) is 7.47. The van der Waals surface area contributed by atoms with Crippen LogP contribution in [0.2, 0.25) is 0 Å². The van der Waals surface area contributed by atoms with Gasteiger partial charge >= 0.3 is 0 Å². The molecule has 1 aliphatic heterocycles. The molecule has 0 saturated heterocycles. The Kier molecular flexibility index (Phi) is 5.68. The number of para-hydroxylation sites is 1. The first-order valence-corrected chi connectivity index (χ1v) is 10.4. The summed E-state index contributed by atoms with van der Waals surface area (Å²) in [5, 5.41) is 0.399. The second-order valence-corrected chi connectivity index (χ2v) is 7.47. The van der Waals surface area contributed by atoms with Crippen LogP contribution in [0.3, 0.4) is 0 Å². The van der Waals surface area contributed by atoms with Crippen molar-refractivity contribution in [3.05, 3.63) is 81.5 Å². The third-order valence-electron chi connectivity index (χ3n) is 5.84. The number of benzene rings is 2. The van der Waals surface area contributed by atoms with E-state index >= 15 is 0 Å². The Balaban J connectivity index is 1.80. The minimum Gasteiger partial charge on any atom is -0.450 e. The number of rotatable bonds is 7. The van der Waals surface area contributed by atoms with Crippen LogP contribution in [0.15, 0.2) is 57.7 Å². The molecule has 5 nitrogen and oxygen atoms in total. The zero-order valence-corrected chi connectivity index (χ0v) is 17.2. The van der Waals surface area contributed by atoms with E-state index in [9.17, 15) is 14.0 Å². The Morgan fingerprint density at radius 3 is 2.47 bits per heavy atom. The van der Waals surface area contributed by atoms with Crippen LogP contribution in [0.5, 0.6) is 0 Å². The van der Waals surface area contributed by atoms with Crippen molar-refractivity contribution in [3.8, 4) is 0 Å². The van der Waals surface area contributed by atoms with Crippen molar-refractivity contribution in [2.45, 2.75) is 26.3 Å². The molecule has 0 saturated carbocycles. The minimum absolute atomic E-state index is 0.0230. The van der Waals surface area contributed by atoms with E-state index in [4.69, 9.17) is 4.42 Å². The largest absolute Gasteiger partial charge is 0.450 e. The summed E-state index contributed by atoms with van der Waals surface area (Å²) in [5.74, 6) is -0.778. The molecule has 1 aromatic heterocycles. The van der Waals surface area contributed by atoms with Gasteiger partial charge in [0.1, 0.15) is 11.4 Å². The molecule has 0 unspecified atom stereocenters. The first-order chi connectivity index (χ1) is 14.6. The van der Waals surface area contributed by atoms with Crippen LogP contribution in [-0.2, 0) is 0 Å². The third-order valence-corrected chi connectivity index (χ3v) is 5.84. The molecule has 0 aliphatic carbocycles. The molecule has 156 valence electrons. The van der Waals surface area contributed by atoms with Crippen LogP contribution >= 0.6 is 0 Å². The number of carbonyl (C=O) groups excluding carboxylic acids is 1. The van der Waals surface area contributed by atoms with Crippen LogP contribution in [0, 0.1) is 5.82 Å². The normalized spacial score (nSPS) is 15.9. The molecule has 2 heterocycles. The number of nitrogens with zero attached hydrogens (tertiary/aromatic N) is 2. The molecule has 0 bridgehead atoms. The highest BCUT2D eigenvalue weighted by Gasteiger charge is 2.43. The maximum Gasteiger partial charge on any atom is 0.290 e. The molecule has 4 rings (SSSR count). The van der Waals surface area contributed by atoms with Gasteiger partial charge < -0.3 is 14.2 Å². The molecule has 0 N–H and O–H groups in total. The SMILES string of the molecule is CCN(CC)CCCN1C(=O)c2oc3ccccc3c(=O)c2[C@H]1c1ccccc1F. The fourth-order valence-electron chi connectivity index (χ4n) is 4.22. The zero-order chi connectivity index (χ0) is 21.3. The predicted molar refractivity (Wildman–Crippen MR) is 114 cm³/mol. The Morgan fingerprint density at radius 2 is 1.73 bits per heavy atom. The van der Waals surface area contributed by atoms with Gasteiger partial charge in [-0.15, -0.1) is 0 Å². The Labute approximate surface area is 174 Å². The van der Waals surface area contributed by atoms with Gasteiger partial charge in [-0.3, -0.25) is 9.59 Å². The molecule has 0 fully saturated rings. The first-order valence-electron chi connectivity index (χ1n) is 10.4. The van der Waals surface area contributed by atoms with E-state index in [0.717, 1.165) is 26.1 Å². The second kappa shape index (κ2) is 8.40. The van der Waals surface area contributed by atoms with Crippen molar-refractivity contribution in [3.63, 3.8) is 0 Å². The number of carbonyl (C=O) groups is 1. The lowest BCUT2D eigenvalue weighted by molar-refractivity contribution is 0.0718. The van der Waals surface area contributed by atoms with Crippen molar-refractivity contribution in [1.29, 1.82) is 0 Å². The van der Waals surface area contributed by atoms with Crippen LogP contribution < -0.4 is 5.43 Å². The van der Waals surface area contributed by atoms with Gasteiger partial charge in [0.2, 0.25) is 5.76 Å². The molecule has 1 atom stereocenters. The Hall–Kier alpha value is -2.99. The first kappa shape index (κ1) is 20.3. The van der Waals surface area contributed by atoms with Crippen molar-refractivity contribution in [1.82, 2.24) is 9.80 Å². The van der Waals surface area contributed by atoms with Crippen molar-refractivity contribution < 1.29 is 13.6 Å². The van der Waals surface area contributed by atoms with Crippen molar-refractivity contribution >= 4 is 16.9 Å². The van der Waals surface area contributed by atoms with E-state index < -0.39 is 11.9 Å². The summed E-state index contributed by atoms with van der Waals surface area (Å²) in [5.41, 5.74) is 0.633. The monoisotopic (exact) mass is 408 g/mol. The molecule has 1 amide bonds. The van der Waals surface area contributed by atoms with Gasteiger partial charge in [-0.1, -0.05) is 44.2 Å². The lowest BCUT2D eigenvalue weighted by Gasteiger charge is -2.26. The summed E-state index contributed by atoms with van der Waals surface area (Å²) in [6.45, 7) is 7.27. The van der Waals surface area contributed by atoms with Crippen molar-refractivity contribution in [2.75, 3.05) is 26.2 Å². The average Bonchev–Trinajstić information content (AvgIpc) is 3.04. The van der Waals surface area contributed by atoms with Gasteiger partial charge in [-0.05, 0) is 44.3 Å². The van der Waals surface area contributed by atoms with Gasteiger partial charge in [0.15, 0.2) is 5.43 Å². The fraction of sp³-hybridized carbons (Fsp3) is 0.333. The van der Waals surface area contributed by atoms with Gasteiger partial charge in [-0.25, -0.2) is 4.39 Å². The number of hydrogen-bond acceptors (Lipinski definition) is 4. The molecular formula is C24H25FN2O3. The lowest BCUT2D eigenvalue weighted by atomic mass is 9.98. The lowest BCUT2D eigenvalue weighted by Crippen LogP contribution is -2.33. The average molecular weight is 408 g/mol. The zero-order valence-electron chi connectivity index (χ0n) is 17.2. The van der Waals surface area contributed by atoms with E-state index in [1.54, 1.807) is 47.4 Å². The van der Waals surface area contributed by atoms with Crippen molar-refractivity contribution in [2.24, 2.45) is 0 Å². The number of amides is 1. The van der Waals surface area contributed by atoms with E-state index in [1.165, 1.54) is 6.07 Å². The minimum atomic E-state index is -0.786. The summed E-state index contributed by atoms with van der Waals surface area (Å²) in [4.78, 5) is 30.4. The molecule has 0 spiro atoms. The molecule has 1 aliphatic rings. The fourth-order valence-corrected chi connectivity index (χ4v) is 4.22. The van der Waals surface area contributed by atoms with Gasteiger partial charge in [-0.2, -0.15) is 0 Å². The van der Waals surface area contributed by atoms with Crippen LogP contribution in [-0.4, -0.2) is 41.9 Å². The van der Waals surface area contributed by atoms with Gasteiger partial charge in [0.05, 0.1) is 17.0 Å². The summed E-state index contributed by atoms with van der Waals surface area (Å²) in [6, 6.07) is 12.4. The predicted octanol–water partition coefficient (Wildman–Crippen LogP) is 4.21. The summed E-state index contributed by atoms with van der Waals surface area (Å²) < 4.78 is 20.6. The third kappa shape index (κ3) is 3.41. The number of fused-ring (bicyclic) bond motifs is 2. The van der Waals surface area contributed by atoms with E-state index in [1.807, 2.05) is 0 Å². The van der Waals surface area contributed by atoms with Gasteiger partial charge in [0, 0.05) is 12.1 Å². The molecule has 0 radical (unpaired) electrons. The molecule has 6 heteroatoms. The number of hydrogen-bond donors (Lipinski definition) is 0.